The zero-order valence-corrected chi connectivity index (χ0v) is 10.6. The molecule has 1 aliphatic rings. The van der Waals surface area contributed by atoms with Crippen LogP contribution in [0.15, 0.2) is 29.2 Å². The van der Waals surface area contributed by atoms with Crippen LogP contribution >= 0.6 is 0 Å². The first kappa shape index (κ1) is 12.4. The largest absolute Gasteiger partial charge is 0.490 e. The van der Waals surface area contributed by atoms with Crippen LogP contribution < -0.4 is 10.5 Å². The molecule has 1 fully saturated rings. The van der Waals surface area contributed by atoms with Crippen molar-refractivity contribution in [3.63, 3.8) is 0 Å². The van der Waals surface area contributed by atoms with Gasteiger partial charge >= 0.3 is 0 Å². The Bertz CT molecular complexity index is 475. The first-order valence-electron chi connectivity index (χ1n) is 5.76. The smallest absolute Gasteiger partial charge is 0.178 e. The van der Waals surface area contributed by atoms with E-state index in [9.17, 15) is 8.42 Å². The summed E-state index contributed by atoms with van der Waals surface area (Å²) in [5, 5.41) is 0. The summed E-state index contributed by atoms with van der Waals surface area (Å²) in [6, 6.07) is 6.83. The van der Waals surface area contributed by atoms with Crippen LogP contribution in [0.2, 0.25) is 0 Å². The van der Waals surface area contributed by atoms with Gasteiger partial charge in [0.05, 0.1) is 10.6 Å². The van der Waals surface area contributed by atoms with Gasteiger partial charge in [0.1, 0.15) is 11.9 Å². The fourth-order valence-electron chi connectivity index (χ4n) is 1.79. The number of ether oxygens (including phenoxy) is 1. The second-order valence-corrected chi connectivity index (χ2v) is 6.62. The quantitative estimate of drug-likeness (QED) is 0.881. The molecule has 2 rings (SSSR count). The van der Waals surface area contributed by atoms with E-state index in [1.165, 1.54) is 0 Å². The van der Waals surface area contributed by atoms with Crippen LogP contribution in [0.25, 0.3) is 0 Å². The van der Waals surface area contributed by atoms with Gasteiger partial charge in [-0.3, -0.25) is 0 Å². The van der Waals surface area contributed by atoms with Crippen LogP contribution in [0.1, 0.15) is 19.8 Å². The van der Waals surface area contributed by atoms with E-state index in [4.69, 9.17) is 10.5 Å². The normalized spacial score (nSPS) is 24.1. The lowest BCUT2D eigenvalue weighted by Crippen LogP contribution is -2.43. The summed E-state index contributed by atoms with van der Waals surface area (Å²) in [4.78, 5) is 0.345. The summed E-state index contributed by atoms with van der Waals surface area (Å²) < 4.78 is 28.8. The van der Waals surface area contributed by atoms with E-state index in [2.05, 4.69) is 0 Å². The molecule has 4 nitrogen and oxygen atoms in total. The predicted molar refractivity (Wildman–Crippen MR) is 65.8 cm³/mol. The van der Waals surface area contributed by atoms with Crippen LogP contribution in [0.4, 0.5) is 0 Å². The first-order valence-corrected chi connectivity index (χ1v) is 7.41. The standard InChI is InChI=1S/C12H17NO3S/c1-2-17(14,15)12-5-3-10(4-6-12)16-11-7-9(13)8-11/h3-6,9,11H,2,7-8,13H2,1H3. The predicted octanol–water partition coefficient (Wildman–Crippen LogP) is 1.35. The van der Waals surface area contributed by atoms with Gasteiger partial charge in [-0.05, 0) is 37.1 Å². The summed E-state index contributed by atoms with van der Waals surface area (Å²) in [5.74, 6) is 0.821. The van der Waals surface area contributed by atoms with Crippen molar-refractivity contribution in [2.24, 2.45) is 5.73 Å². The molecule has 0 aliphatic heterocycles. The van der Waals surface area contributed by atoms with Gasteiger partial charge in [-0.2, -0.15) is 0 Å². The summed E-state index contributed by atoms with van der Waals surface area (Å²) in [6.07, 6.45) is 1.92. The molecule has 0 radical (unpaired) electrons. The molecule has 0 bridgehead atoms. The Morgan fingerprint density at radius 2 is 1.88 bits per heavy atom. The van der Waals surface area contributed by atoms with E-state index >= 15 is 0 Å². The third kappa shape index (κ3) is 2.79. The Hall–Kier alpha value is -1.07. The monoisotopic (exact) mass is 255 g/mol. The number of benzene rings is 1. The second kappa shape index (κ2) is 4.66. The molecule has 5 heteroatoms. The summed E-state index contributed by atoms with van der Waals surface area (Å²) >= 11 is 0. The Balaban J connectivity index is 2.03. The summed E-state index contributed by atoms with van der Waals surface area (Å²) in [7, 11) is -3.12. The maximum atomic E-state index is 11.6. The molecular weight excluding hydrogens is 238 g/mol. The highest BCUT2D eigenvalue weighted by atomic mass is 32.2. The van der Waals surface area contributed by atoms with Gasteiger partial charge in [-0.25, -0.2) is 8.42 Å². The minimum Gasteiger partial charge on any atom is -0.490 e. The highest BCUT2D eigenvalue weighted by molar-refractivity contribution is 7.91. The molecule has 0 aromatic heterocycles. The van der Waals surface area contributed by atoms with Crippen molar-refractivity contribution in [1.82, 2.24) is 0 Å². The number of rotatable bonds is 4. The lowest BCUT2D eigenvalue weighted by Gasteiger charge is -2.32. The van der Waals surface area contributed by atoms with Crippen molar-refractivity contribution < 1.29 is 13.2 Å². The molecule has 17 heavy (non-hydrogen) atoms. The first-order chi connectivity index (χ1) is 8.01. The average molecular weight is 255 g/mol. The van der Waals surface area contributed by atoms with Crippen LogP contribution in [0.3, 0.4) is 0 Å². The molecule has 0 spiro atoms. The van der Waals surface area contributed by atoms with Crippen LogP contribution in [-0.4, -0.2) is 26.3 Å². The molecule has 0 atom stereocenters. The SMILES string of the molecule is CCS(=O)(=O)c1ccc(OC2CC(N)C2)cc1. The van der Waals surface area contributed by atoms with E-state index in [0.29, 0.717) is 10.6 Å². The third-order valence-electron chi connectivity index (χ3n) is 3.00. The molecular formula is C12H17NO3S. The highest BCUT2D eigenvalue weighted by Gasteiger charge is 2.27. The van der Waals surface area contributed by atoms with Crippen molar-refractivity contribution in [3.05, 3.63) is 24.3 Å². The summed E-state index contributed by atoms with van der Waals surface area (Å²) in [6.45, 7) is 1.63. The number of sulfone groups is 1. The van der Waals surface area contributed by atoms with Crippen LogP contribution in [0.5, 0.6) is 5.75 Å². The molecule has 0 heterocycles. The van der Waals surface area contributed by atoms with Crippen molar-refractivity contribution >= 4 is 9.84 Å². The van der Waals surface area contributed by atoms with Crippen molar-refractivity contribution in [2.45, 2.75) is 36.8 Å². The fourth-order valence-corrected chi connectivity index (χ4v) is 2.67. The van der Waals surface area contributed by atoms with Crippen LogP contribution in [0, 0.1) is 0 Å². The highest BCUT2D eigenvalue weighted by Crippen LogP contribution is 2.25. The zero-order valence-electron chi connectivity index (χ0n) is 9.80. The van der Waals surface area contributed by atoms with Gasteiger partial charge in [0, 0.05) is 6.04 Å². The Kier molecular flexibility index (Phi) is 3.40. The second-order valence-electron chi connectivity index (χ2n) is 4.35. The zero-order chi connectivity index (χ0) is 12.5. The van der Waals surface area contributed by atoms with Gasteiger partial charge < -0.3 is 10.5 Å². The molecule has 2 N–H and O–H groups in total. The Labute approximate surface area is 102 Å². The van der Waals surface area contributed by atoms with E-state index in [1.54, 1.807) is 31.2 Å². The van der Waals surface area contributed by atoms with E-state index in [0.717, 1.165) is 12.8 Å². The fraction of sp³-hybridized carbons (Fsp3) is 0.500. The molecule has 94 valence electrons. The third-order valence-corrected chi connectivity index (χ3v) is 4.75. The number of hydrogen-bond acceptors (Lipinski definition) is 4. The van der Waals surface area contributed by atoms with Gasteiger partial charge in [-0.1, -0.05) is 6.92 Å². The maximum Gasteiger partial charge on any atom is 0.178 e. The summed E-state index contributed by atoms with van der Waals surface area (Å²) in [5.41, 5.74) is 5.66. The van der Waals surface area contributed by atoms with Crippen molar-refractivity contribution in [2.75, 3.05) is 5.75 Å². The Morgan fingerprint density at radius 3 is 2.35 bits per heavy atom. The number of nitrogens with two attached hydrogens (primary N) is 1. The van der Waals surface area contributed by atoms with E-state index in [-0.39, 0.29) is 17.9 Å². The number of hydrogen-bond donors (Lipinski definition) is 1. The van der Waals surface area contributed by atoms with Gasteiger partial charge in [0.15, 0.2) is 9.84 Å². The molecule has 1 aromatic carbocycles. The van der Waals surface area contributed by atoms with E-state index in [1.807, 2.05) is 0 Å². The lowest BCUT2D eigenvalue weighted by molar-refractivity contribution is 0.101. The van der Waals surface area contributed by atoms with Crippen molar-refractivity contribution in [1.29, 1.82) is 0 Å². The van der Waals surface area contributed by atoms with Gasteiger partial charge in [0.25, 0.3) is 0 Å². The van der Waals surface area contributed by atoms with Gasteiger partial charge in [-0.15, -0.1) is 0 Å². The minimum absolute atomic E-state index is 0.116. The minimum atomic E-state index is -3.12. The molecule has 0 amide bonds. The molecule has 1 saturated carbocycles. The molecule has 0 unspecified atom stereocenters. The molecule has 0 saturated heterocycles. The average Bonchev–Trinajstić information content (AvgIpc) is 2.28. The van der Waals surface area contributed by atoms with Gasteiger partial charge in [0.2, 0.25) is 0 Å². The molecule has 1 aliphatic carbocycles. The lowest BCUT2D eigenvalue weighted by atomic mass is 9.90. The van der Waals surface area contributed by atoms with E-state index < -0.39 is 9.84 Å². The molecule has 1 aromatic rings. The topological polar surface area (TPSA) is 69.4 Å². The van der Waals surface area contributed by atoms with Crippen molar-refractivity contribution in [3.8, 4) is 5.75 Å². The van der Waals surface area contributed by atoms with Crippen LogP contribution in [-0.2, 0) is 9.84 Å². The maximum absolute atomic E-state index is 11.6. The Morgan fingerprint density at radius 1 is 1.29 bits per heavy atom.